The van der Waals surface area contributed by atoms with Gasteiger partial charge in [-0.25, -0.2) is 9.78 Å². The minimum absolute atomic E-state index is 0.0242. The van der Waals surface area contributed by atoms with Crippen LogP contribution in [0.4, 0.5) is 4.79 Å². The standard InChI is InChI=1S/C18H23N5O2/c1-13(10-23-12-19-11-20-23)21-17(24)22-15-9-18(7-4-8-18)25-16-6-3-2-5-14(15)16/h2-3,5-6,11-13,15H,4,7-10H2,1H3,(H2,21,22,24). The van der Waals surface area contributed by atoms with Crippen molar-refractivity contribution in [1.29, 1.82) is 0 Å². The second-order valence-electron chi connectivity index (χ2n) is 7.07. The Balaban J connectivity index is 1.41. The molecule has 4 rings (SSSR count). The van der Waals surface area contributed by atoms with Crippen molar-refractivity contribution >= 4 is 6.03 Å². The molecule has 1 saturated carbocycles. The number of amides is 2. The predicted molar refractivity (Wildman–Crippen MR) is 92.2 cm³/mol. The molecule has 132 valence electrons. The molecule has 2 N–H and O–H groups in total. The minimum Gasteiger partial charge on any atom is -0.487 e. The van der Waals surface area contributed by atoms with Gasteiger partial charge in [0, 0.05) is 18.0 Å². The summed E-state index contributed by atoms with van der Waals surface area (Å²) in [5, 5.41) is 10.2. The number of hydrogen-bond donors (Lipinski definition) is 2. The number of carbonyl (C=O) groups excluding carboxylic acids is 1. The first kappa shape index (κ1) is 15.9. The van der Waals surface area contributed by atoms with Crippen LogP contribution in [0.3, 0.4) is 0 Å². The van der Waals surface area contributed by atoms with E-state index in [1.807, 2.05) is 31.2 Å². The van der Waals surface area contributed by atoms with Crippen molar-refractivity contribution in [3.63, 3.8) is 0 Å². The van der Waals surface area contributed by atoms with Gasteiger partial charge in [-0.1, -0.05) is 18.2 Å². The van der Waals surface area contributed by atoms with E-state index in [4.69, 9.17) is 4.74 Å². The van der Waals surface area contributed by atoms with Gasteiger partial charge in [0.15, 0.2) is 0 Å². The molecule has 7 nitrogen and oxygen atoms in total. The van der Waals surface area contributed by atoms with Crippen molar-refractivity contribution in [3.8, 4) is 5.75 Å². The van der Waals surface area contributed by atoms with Gasteiger partial charge >= 0.3 is 6.03 Å². The third-order valence-electron chi connectivity index (χ3n) is 5.07. The summed E-state index contributed by atoms with van der Waals surface area (Å²) in [6.45, 7) is 2.54. The fourth-order valence-electron chi connectivity index (χ4n) is 3.70. The second-order valence-corrected chi connectivity index (χ2v) is 7.07. The van der Waals surface area contributed by atoms with Gasteiger partial charge < -0.3 is 15.4 Å². The molecule has 1 aliphatic carbocycles. The van der Waals surface area contributed by atoms with Crippen molar-refractivity contribution in [2.75, 3.05) is 0 Å². The van der Waals surface area contributed by atoms with Crippen LogP contribution in [0.1, 0.15) is 44.2 Å². The molecule has 0 bridgehead atoms. The van der Waals surface area contributed by atoms with Crippen LogP contribution in [0.5, 0.6) is 5.75 Å². The highest BCUT2D eigenvalue weighted by atomic mass is 16.5. The lowest BCUT2D eigenvalue weighted by molar-refractivity contribution is -0.0355. The Morgan fingerprint density at radius 2 is 2.28 bits per heavy atom. The fraction of sp³-hybridized carbons (Fsp3) is 0.500. The van der Waals surface area contributed by atoms with Crippen molar-refractivity contribution in [2.24, 2.45) is 0 Å². The molecular formula is C18H23N5O2. The number of aromatic nitrogens is 3. The molecule has 2 heterocycles. The monoisotopic (exact) mass is 341 g/mol. The zero-order valence-electron chi connectivity index (χ0n) is 14.3. The van der Waals surface area contributed by atoms with E-state index < -0.39 is 0 Å². The summed E-state index contributed by atoms with van der Waals surface area (Å²) in [5.74, 6) is 0.898. The number of hydrogen-bond acceptors (Lipinski definition) is 4. The van der Waals surface area contributed by atoms with Crippen LogP contribution in [0.15, 0.2) is 36.9 Å². The van der Waals surface area contributed by atoms with Gasteiger partial charge in [0.2, 0.25) is 0 Å². The Kier molecular flexibility index (Phi) is 4.07. The maximum Gasteiger partial charge on any atom is 0.315 e. The Labute approximate surface area is 146 Å². The van der Waals surface area contributed by atoms with Gasteiger partial charge in [-0.3, -0.25) is 4.68 Å². The highest BCUT2D eigenvalue weighted by Crippen LogP contribution is 2.48. The maximum absolute atomic E-state index is 12.5. The van der Waals surface area contributed by atoms with E-state index in [9.17, 15) is 4.79 Å². The highest BCUT2D eigenvalue weighted by molar-refractivity contribution is 5.75. The molecule has 7 heteroatoms. The number of fused-ring (bicyclic) bond motifs is 1. The van der Waals surface area contributed by atoms with Gasteiger partial charge in [-0.2, -0.15) is 5.10 Å². The van der Waals surface area contributed by atoms with E-state index in [1.54, 1.807) is 11.0 Å². The third kappa shape index (κ3) is 3.31. The molecule has 1 fully saturated rings. The summed E-state index contributed by atoms with van der Waals surface area (Å²) in [4.78, 5) is 16.4. The van der Waals surface area contributed by atoms with E-state index in [-0.39, 0.29) is 23.7 Å². The Hall–Kier alpha value is -2.57. The van der Waals surface area contributed by atoms with Gasteiger partial charge in [0.1, 0.15) is 24.0 Å². The maximum atomic E-state index is 12.5. The SMILES string of the molecule is CC(Cn1cncn1)NC(=O)NC1CC2(CCC2)Oc2ccccc21. The molecule has 0 saturated heterocycles. The molecule has 2 atom stereocenters. The quantitative estimate of drug-likeness (QED) is 0.895. The molecule has 1 spiro atoms. The number of ether oxygens (including phenoxy) is 1. The van der Waals surface area contributed by atoms with E-state index in [1.165, 1.54) is 12.7 Å². The molecule has 2 amide bonds. The van der Waals surface area contributed by atoms with E-state index in [0.717, 1.165) is 30.6 Å². The van der Waals surface area contributed by atoms with E-state index in [2.05, 4.69) is 20.7 Å². The molecule has 0 radical (unpaired) electrons. The number of urea groups is 1. The van der Waals surface area contributed by atoms with Crippen LogP contribution < -0.4 is 15.4 Å². The van der Waals surface area contributed by atoms with Crippen LogP contribution in [0, 0.1) is 0 Å². The number of rotatable bonds is 4. The van der Waals surface area contributed by atoms with Crippen molar-refractivity contribution < 1.29 is 9.53 Å². The number of nitrogens with zero attached hydrogens (tertiary/aromatic N) is 3. The number of benzene rings is 1. The zero-order valence-corrected chi connectivity index (χ0v) is 14.3. The van der Waals surface area contributed by atoms with Crippen molar-refractivity contribution in [1.82, 2.24) is 25.4 Å². The second kappa shape index (κ2) is 6.38. The van der Waals surface area contributed by atoms with Crippen LogP contribution in [-0.2, 0) is 6.54 Å². The molecule has 2 unspecified atom stereocenters. The van der Waals surface area contributed by atoms with Gasteiger partial charge in [0.25, 0.3) is 0 Å². The van der Waals surface area contributed by atoms with Crippen molar-refractivity contribution in [2.45, 2.75) is 56.8 Å². The van der Waals surface area contributed by atoms with Crippen molar-refractivity contribution in [3.05, 3.63) is 42.5 Å². The topological polar surface area (TPSA) is 81.1 Å². The zero-order chi connectivity index (χ0) is 17.3. The number of para-hydroxylation sites is 1. The lowest BCUT2D eigenvalue weighted by atomic mass is 9.73. The van der Waals surface area contributed by atoms with Gasteiger partial charge in [-0.15, -0.1) is 0 Å². The molecule has 2 aromatic rings. The Morgan fingerprint density at radius 3 is 3.00 bits per heavy atom. The average molecular weight is 341 g/mol. The first-order chi connectivity index (χ1) is 12.1. The van der Waals surface area contributed by atoms with Crippen LogP contribution in [0.25, 0.3) is 0 Å². The number of carbonyl (C=O) groups is 1. The lowest BCUT2D eigenvalue weighted by Gasteiger charge is -2.48. The molecule has 1 aliphatic heterocycles. The lowest BCUT2D eigenvalue weighted by Crippen LogP contribution is -2.51. The normalized spacial score (nSPS) is 21.6. The first-order valence-electron chi connectivity index (χ1n) is 8.81. The predicted octanol–water partition coefficient (Wildman–Crippen LogP) is 2.41. The molecular weight excluding hydrogens is 318 g/mol. The minimum atomic E-state index is -0.163. The average Bonchev–Trinajstić information content (AvgIpc) is 3.05. The Bertz CT molecular complexity index is 742. The van der Waals surface area contributed by atoms with Crippen LogP contribution >= 0.6 is 0 Å². The van der Waals surface area contributed by atoms with E-state index in [0.29, 0.717) is 6.54 Å². The summed E-state index contributed by atoms with van der Waals surface area (Å²) in [6, 6.07) is 7.76. The summed E-state index contributed by atoms with van der Waals surface area (Å²) in [6.07, 6.45) is 7.27. The molecule has 1 aromatic carbocycles. The fourth-order valence-corrected chi connectivity index (χ4v) is 3.70. The Morgan fingerprint density at radius 1 is 1.44 bits per heavy atom. The first-order valence-corrected chi connectivity index (χ1v) is 8.81. The number of nitrogens with one attached hydrogen (secondary N) is 2. The highest BCUT2D eigenvalue weighted by Gasteiger charge is 2.45. The summed E-state index contributed by atoms with van der Waals surface area (Å²) >= 11 is 0. The smallest absolute Gasteiger partial charge is 0.315 e. The third-order valence-corrected chi connectivity index (χ3v) is 5.07. The van der Waals surface area contributed by atoms with Crippen LogP contribution in [0.2, 0.25) is 0 Å². The van der Waals surface area contributed by atoms with E-state index >= 15 is 0 Å². The van der Waals surface area contributed by atoms with Crippen LogP contribution in [-0.4, -0.2) is 32.4 Å². The summed E-state index contributed by atoms with van der Waals surface area (Å²) in [5.41, 5.74) is 0.956. The summed E-state index contributed by atoms with van der Waals surface area (Å²) in [7, 11) is 0. The summed E-state index contributed by atoms with van der Waals surface area (Å²) < 4.78 is 7.93. The largest absolute Gasteiger partial charge is 0.487 e. The molecule has 2 aliphatic rings. The molecule has 1 aromatic heterocycles. The van der Waals surface area contributed by atoms with Gasteiger partial charge in [0.05, 0.1) is 12.6 Å². The van der Waals surface area contributed by atoms with Gasteiger partial charge in [-0.05, 0) is 32.3 Å². The molecule has 25 heavy (non-hydrogen) atoms.